The van der Waals surface area contributed by atoms with Gasteiger partial charge in [0.25, 0.3) is 0 Å². The molecule has 1 aliphatic heterocycles. The minimum Gasteiger partial charge on any atom is -0.478 e. The van der Waals surface area contributed by atoms with Crippen LogP contribution in [0.1, 0.15) is 30.6 Å². The first-order chi connectivity index (χ1) is 18.3. The Labute approximate surface area is 230 Å². The Morgan fingerprint density at radius 2 is 1.87 bits per heavy atom. The van der Waals surface area contributed by atoms with Gasteiger partial charge >= 0.3 is 5.97 Å². The molecule has 8 heteroatoms. The molecule has 1 atom stereocenters. The molecule has 0 aliphatic carbocycles. The summed E-state index contributed by atoms with van der Waals surface area (Å²) in [6.45, 7) is 4.40. The van der Waals surface area contributed by atoms with Crippen molar-refractivity contribution in [2.45, 2.75) is 31.3 Å². The molecule has 0 bridgehead atoms. The van der Waals surface area contributed by atoms with E-state index in [0.717, 1.165) is 33.9 Å². The van der Waals surface area contributed by atoms with Crippen LogP contribution in [0.25, 0.3) is 11.1 Å². The molecule has 1 aliphatic rings. The van der Waals surface area contributed by atoms with Crippen molar-refractivity contribution in [1.82, 2.24) is 4.72 Å². The number of halogens is 2. The molecule has 0 spiro atoms. The fourth-order valence-corrected chi connectivity index (χ4v) is 5.72. The summed E-state index contributed by atoms with van der Waals surface area (Å²) in [5.41, 5.74) is 4.84. The molecule has 0 unspecified atom stereocenters. The molecule has 0 saturated carbocycles. The van der Waals surface area contributed by atoms with E-state index in [1.807, 2.05) is 24.3 Å². The van der Waals surface area contributed by atoms with Crippen molar-refractivity contribution in [2.75, 3.05) is 10.2 Å². The van der Waals surface area contributed by atoms with Crippen molar-refractivity contribution in [3.8, 4) is 11.1 Å². The van der Waals surface area contributed by atoms with Crippen LogP contribution >= 0.6 is 23.5 Å². The fraction of sp³-hybridized carbons (Fsp3) is 0.167. The maximum atomic E-state index is 14.1. The summed E-state index contributed by atoms with van der Waals surface area (Å²) in [5, 5.41) is 13.2. The van der Waals surface area contributed by atoms with Crippen LogP contribution < -0.4 is 14.9 Å². The Balaban J connectivity index is 1.70. The molecular weight excluding hydrogens is 521 g/mol. The number of para-hydroxylation sites is 1. The molecule has 0 amide bonds. The fourth-order valence-electron chi connectivity index (χ4n) is 4.62. The van der Waals surface area contributed by atoms with Crippen molar-refractivity contribution in [2.24, 2.45) is 5.92 Å². The Morgan fingerprint density at radius 1 is 1.08 bits per heavy atom. The van der Waals surface area contributed by atoms with Crippen LogP contribution in [0.4, 0.5) is 27.1 Å². The molecule has 4 aromatic rings. The number of rotatable bonds is 7. The molecule has 0 aromatic heterocycles. The molecule has 3 N–H and O–H groups in total. The molecule has 0 fully saturated rings. The highest BCUT2D eigenvalue weighted by Gasteiger charge is 2.30. The van der Waals surface area contributed by atoms with E-state index in [0.29, 0.717) is 17.2 Å². The maximum absolute atomic E-state index is 14.1. The predicted molar refractivity (Wildman–Crippen MR) is 154 cm³/mol. The number of benzene rings is 4. The van der Waals surface area contributed by atoms with E-state index in [1.54, 1.807) is 42.3 Å². The van der Waals surface area contributed by atoms with Gasteiger partial charge in [-0.15, -0.1) is 0 Å². The molecule has 38 heavy (non-hydrogen) atoms. The van der Waals surface area contributed by atoms with E-state index in [2.05, 4.69) is 47.0 Å². The van der Waals surface area contributed by atoms with Crippen LogP contribution in [0.15, 0.2) is 89.8 Å². The highest BCUT2D eigenvalue weighted by atomic mass is 35.5. The van der Waals surface area contributed by atoms with Crippen molar-refractivity contribution >= 4 is 52.3 Å². The van der Waals surface area contributed by atoms with Gasteiger partial charge in [-0.3, -0.25) is 0 Å². The van der Waals surface area contributed by atoms with E-state index in [9.17, 15) is 14.3 Å². The Hall–Kier alpha value is -3.52. The first kappa shape index (κ1) is 26.1. The van der Waals surface area contributed by atoms with Crippen LogP contribution in [0, 0.1) is 11.7 Å². The van der Waals surface area contributed by atoms with Crippen molar-refractivity contribution in [3.63, 3.8) is 0 Å². The lowest BCUT2D eigenvalue weighted by molar-refractivity contribution is 0.0697. The van der Waals surface area contributed by atoms with Gasteiger partial charge in [0.2, 0.25) is 0 Å². The van der Waals surface area contributed by atoms with Crippen LogP contribution in [-0.2, 0) is 0 Å². The monoisotopic (exact) mass is 547 g/mol. The van der Waals surface area contributed by atoms with Crippen LogP contribution in [0.2, 0.25) is 5.02 Å². The molecule has 194 valence electrons. The summed E-state index contributed by atoms with van der Waals surface area (Å²) in [6.07, 6.45) is 0.978. The number of carboxylic acids is 1. The summed E-state index contributed by atoms with van der Waals surface area (Å²) in [7, 11) is 0. The predicted octanol–water partition coefficient (Wildman–Crippen LogP) is 8.71. The van der Waals surface area contributed by atoms with E-state index in [-0.39, 0.29) is 22.6 Å². The van der Waals surface area contributed by atoms with Gasteiger partial charge in [-0.1, -0.05) is 55.8 Å². The number of hydrogen-bond acceptors (Lipinski definition) is 5. The zero-order valence-electron chi connectivity index (χ0n) is 20.9. The maximum Gasteiger partial charge on any atom is 0.337 e. The molecular formula is C30H27ClFN3O2S. The number of anilines is 4. The summed E-state index contributed by atoms with van der Waals surface area (Å²) in [5.74, 6) is -0.984. The van der Waals surface area contributed by atoms with Crippen molar-refractivity contribution < 1.29 is 14.3 Å². The first-order valence-corrected chi connectivity index (χ1v) is 13.5. The number of nitrogens with zero attached hydrogens (tertiary/aromatic N) is 1. The average molecular weight is 548 g/mol. The lowest BCUT2D eigenvalue weighted by atomic mass is 9.99. The van der Waals surface area contributed by atoms with Gasteiger partial charge < -0.3 is 15.3 Å². The smallest absolute Gasteiger partial charge is 0.337 e. The van der Waals surface area contributed by atoms with Gasteiger partial charge in [-0.2, -0.15) is 0 Å². The van der Waals surface area contributed by atoms with Gasteiger partial charge in [0.15, 0.2) is 0 Å². The van der Waals surface area contributed by atoms with Gasteiger partial charge in [-0.25, -0.2) is 13.9 Å². The molecule has 5 nitrogen and oxygen atoms in total. The highest BCUT2D eigenvalue weighted by molar-refractivity contribution is 7.97. The standard InChI is InChI=1S/C30H27ClFN3O2S/c1-18(2)13-29-34-38-28-16-23(19-11-12-25(31)24(14-19)30(36)37)26(33-21-8-6-7-20(32)15-21)17-27(28)35(29)22-9-4-3-5-10-22/h3-12,14-18,29,33-34H,13H2,1-2H3,(H,36,37)/t29-/m0/s1. The van der Waals surface area contributed by atoms with Gasteiger partial charge in [-0.05, 0) is 84.4 Å². The third-order valence-corrected chi connectivity index (χ3v) is 7.58. The SMILES string of the molecule is CC(C)C[C@H]1NSc2cc(-c3ccc(Cl)c(C(=O)O)c3)c(Nc3cccc(F)c3)cc2N1c1ccccc1. The van der Waals surface area contributed by atoms with Crippen molar-refractivity contribution in [3.05, 3.63) is 101 Å². The Morgan fingerprint density at radius 3 is 2.58 bits per heavy atom. The topological polar surface area (TPSA) is 64.6 Å². The Kier molecular flexibility index (Phi) is 7.61. The summed E-state index contributed by atoms with van der Waals surface area (Å²) in [4.78, 5) is 15.1. The lowest BCUT2D eigenvalue weighted by Crippen LogP contribution is -2.44. The summed E-state index contributed by atoms with van der Waals surface area (Å²) >= 11 is 7.72. The minimum absolute atomic E-state index is 0.0206. The van der Waals surface area contributed by atoms with E-state index < -0.39 is 5.97 Å². The number of carbonyl (C=O) groups is 1. The van der Waals surface area contributed by atoms with E-state index >= 15 is 0 Å². The second kappa shape index (κ2) is 11.1. The molecule has 0 radical (unpaired) electrons. The first-order valence-electron chi connectivity index (χ1n) is 12.3. The van der Waals surface area contributed by atoms with Crippen LogP contribution in [-0.4, -0.2) is 17.2 Å². The third kappa shape index (κ3) is 5.50. The number of hydrogen-bond donors (Lipinski definition) is 3. The average Bonchev–Trinajstić information content (AvgIpc) is 2.89. The van der Waals surface area contributed by atoms with E-state index in [4.69, 9.17) is 11.6 Å². The highest BCUT2D eigenvalue weighted by Crippen LogP contribution is 2.46. The minimum atomic E-state index is -1.10. The number of nitrogens with one attached hydrogen (secondary N) is 2. The second-order valence-electron chi connectivity index (χ2n) is 9.57. The second-order valence-corrected chi connectivity index (χ2v) is 10.9. The summed E-state index contributed by atoms with van der Waals surface area (Å²) < 4.78 is 17.7. The number of fused-ring (bicyclic) bond motifs is 1. The largest absolute Gasteiger partial charge is 0.478 e. The van der Waals surface area contributed by atoms with E-state index in [1.165, 1.54) is 12.1 Å². The summed E-state index contributed by atoms with van der Waals surface area (Å²) in [6, 6.07) is 25.5. The zero-order chi connectivity index (χ0) is 26.8. The van der Waals surface area contributed by atoms with Crippen LogP contribution in [0.3, 0.4) is 0 Å². The molecule has 5 rings (SSSR count). The normalized spacial score (nSPS) is 14.9. The zero-order valence-corrected chi connectivity index (χ0v) is 22.5. The van der Waals surface area contributed by atoms with Crippen LogP contribution in [0.5, 0.6) is 0 Å². The molecule has 1 heterocycles. The Bertz CT molecular complexity index is 1480. The number of carboxylic acid groups (broad SMARTS) is 1. The van der Waals surface area contributed by atoms with Gasteiger partial charge in [0.1, 0.15) is 5.82 Å². The van der Waals surface area contributed by atoms with Gasteiger partial charge in [0.05, 0.1) is 22.4 Å². The van der Waals surface area contributed by atoms with Gasteiger partial charge in [0, 0.05) is 27.5 Å². The molecule has 4 aromatic carbocycles. The van der Waals surface area contributed by atoms with Crippen molar-refractivity contribution in [1.29, 1.82) is 0 Å². The third-order valence-electron chi connectivity index (χ3n) is 6.32. The number of aromatic carboxylic acids is 1. The lowest BCUT2D eigenvalue weighted by Gasteiger charge is -2.40. The quantitative estimate of drug-likeness (QED) is 0.201. The molecule has 0 saturated heterocycles.